The lowest BCUT2D eigenvalue weighted by Crippen LogP contribution is -1.67. The lowest BCUT2D eigenvalue weighted by Gasteiger charge is -1.86. The predicted molar refractivity (Wildman–Crippen MR) is 51.1 cm³/mol. The Labute approximate surface area is 73.7 Å². The number of halogens is 2. The molecule has 0 aliphatic carbocycles. The standard InChI is InChI=1S/C8H11Cl.ClH/c1-3-8(4-2)6-5-7-9;/h3-6H,1,7H2,2H3;1H/b6-5-,8-4-;. The van der Waals surface area contributed by atoms with Crippen molar-refractivity contribution in [2.24, 2.45) is 0 Å². The first-order valence-electron chi connectivity index (χ1n) is 2.86. The Morgan fingerprint density at radius 1 is 1.60 bits per heavy atom. The van der Waals surface area contributed by atoms with Gasteiger partial charge in [-0.1, -0.05) is 30.9 Å². The highest BCUT2D eigenvalue weighted by Gasteiger charge is 1.77. The van der Waals surface area contributed by atoms with Crippen LogP contribution >= 0.6 is 24.0 Å². The molecule has 2 heteroatoms. The summed E-state index contributed by atoms with van der Waals surface area (Å²) in [4.78, 5) is 0. The third-order valence-corrected chi connectivity index (χ3v) is 1.15. The first-order chi connectivity index (χ1) is 4.35. The van der Waals surface area contributed by atoms with E-state index in [1.165, 1.54) is 0 Å². The van der Waals surface area contributed by atoms with E-state index in [0.717, 1.165) is 5.57 Å². The van der Waals surface area contributed by atoms with E-state index in [-0.39, 0.29) is 12.4 Å². The third kappa shape index (κ3) is 5.93. The van der Waals surface area contributed by atoms with Crippen molar-refractivity contribution < 1.29 is 0 Å². The zero-order chi connectivity index (χ0) is 7.11. The highest BCUT2D eigenvalue weighted by atomic mass is 35.5. The average Bonchev–Trinajstić information content (AvgIpc) is 1.91. The maximum atomic E-state index is 5.41. The fourth-order valence-corrected chi connectivity index (χ4v) is 0.552. The van der Waals surface area contributed by atoms with Gasteiger partial charge in [0.15, 0.2) is 0 Å². The maximum absolute atomic E-state index is 5.41. The van der Waals surface area contributed by atoms with Gasteiger partial charge in [-0.2, -0.15) is 0 Å². The first kappa shape index (κ1) is 12.5. The number of hydrogen-bond donors (Lipinski definition) is 0. The van der Waals surface area contributed by atoms with Gasteiger partial charge in [-0.3, -0.25) is 0 Å². The minimum Gasteiger partial charge on any atom is -0.147 e. The van der Waals surface area contributed by atoms with Gasteiger partial charge in [0.1, 0.15) is 0 Å². The van der Waals surface area contributed by atoms with E-state index in [1.807, 2.05) is 25.2 Å². The van der Waals surface area contributed by atoms with Crippen molar-refractivity contribution in [2.45, 2.75) is 6.92 Å². The molecule has 0 amide bonds. The summed E-state index contributed by atoms with van der Waals surface area (Å²) in [6.07, 6.45) is 7.61. The van der Waals surface area contributed by atoms with Crippen LogP contribution in [0.4, 0.5) is 0 Å². The maximum Gasteiger partial charge on any atom is 0.0407 e. The van der Waals surface area contributed by atoms with Crippen LogP contribution in [0.2, 0.25) is 0 Å². The molecule has 0 aromatic carbocycles. The summed E-state index contributed by atoms with van der Waals surface area (Å²) in [6.45, 7) is 5.59. The summed E-state index contributed by atoms with van der Waals surface area (Å²) in [5, 5.41) is 0. The van der Waals surface area contributed by atoms with Crippen molar-refractivity contribution in [2.75, 3.05) is 5.88 Å². The van der Waals surface area contributed by atoms with E-state index in [9.17, 15) is 0 Å². The number of rotatable bonds is 3. The van der Waals surface area contributed by atoms with Crippen LogP contribution in [0, 0.1) is 0 Å². The van der Waals surface area contributed by atoms with Gasteiger partial charge >= 0.3 is 0 Å². The van der Waals surface area contributed by atoms with Crippen LogP contribution in [0.25, 0.3) is 0 Å². The molecule has 0 saturated heterocycles. The largest absolute Gasteiger partial charge is 0.147 e. The second kappa shape index (κ2) is 8.80. The van der Waals surface area contributed by atoms with Crippen LogP contribution in [0.5, 0.6) is 0 Å². The van der Waals surface area contributed by atoms with Crippen LogP contribution in [-0.2, 0) is 0 Å². The molecule has 0 spiro atoms. The Morgan fingerprint density at radius 2 is 2.20 bits per heavy atom. The molecule has 0 aliphatic rings. The lowest BCUT2D eigenvalue weighted by molar-refractivity contribution is 1.58. The third-order valence-electron chi connectivity index (χ3n) is 0.968. The van der Waals surface area contributed by atoms with Crippen LogP contribution < -0.4 is 0 Å². The van der Waals surface area contributed by atoms with Crippen molar-refractivity contribution in [3.8, 4) is 0 Å². The molecular weight excluding hydrogens is 167 g/mol. The summed E-state index contributed by atoms with van der Waals surface area (Å²) in [7, 11) is 0. The average molecular weight is 179 g/mol. The van der Waals surface area contributed by atoms with Gasteiger partial charge in [-0.15, -0.1) is 24.0 Å². The summed E-state index contributed by atoms with van der Waals surface area (Å²) in [6, 6.07) is 0. The Kier molecular flexibility index (Phi) is 11.0. The minimum atomic E-state index is 0. The molecule has 58 valence electrons. The molecule has 0 nitrogen and oxygen atoms in total. The normalized spacial score (nSPS) is 11.2. The highest BCUT2D eigenvalue weighted by molar-refractivity contribution is 6.18. The summed E-state index contributed by atoms with van der Waals surface area (Å²) in [5.74, 6) is 0.561. The van der Waals surface area contributed by atoms with Gasteiger partial charge < -0.3 is 0 Å². The molecule has 0 atom stereocenters. The van der Waals surface area contributed by atoms with Crippen LogP contribution in [0.1, 0.15) is 6.92 Å². The van der Waals surface area contributed by atoms with Crippen LogP contribution in [-0.4, -0.2) is 5.88 Å². The van der Waals surface area contributed by atoms with Crippen molar-refractivity contribution in [1.29, 1.82) is 0 Å². The number of hydrogen-bond acceptors (Lipinski definition) is 0. The minimum absolute atomic E-state index is 0. The van der Waals surface area contributed by atoms with Crippen LogP contribution in [0.15, 0.2) is 36.5 Å². The molecule has 0 fully saturated rings. The Morgan fingerprint density at radius 3 is 2.50 bits per heavy atom. The Balaban J connectivity index is 0. The van der Waals surface area contributed by atoms with Gasteiger partial charge in [0.2, 0.25) is 0 Å². The summed E-state index contributed by atoms with van der Waals surface area (Å²) < 4.78 is 0. The molecule has 0 unspecified atom stereocenters. The zero-order valence-electron chi connectivity index (χ0n) is 6.01. The van der Waals surface area contributed by atoms with Crippen molar-refractivity contribution >= 4 is 24.0 Å². The van der Waals surface area contributed by atoms with E-state index in [4.69, 9.17) is 11.6 Å². The highest BCUT2D eigenvalue weighted by Crippen LogP contribution is 1.96. The summed E-state index contributed by atoms with van der Waals surface area (Å²) in [5.41, 5.74) is 1.11. The van der Waals surface area contributed by atoms with Crippen molar-refractivity contribution in [1.82, 2.24) is 0 Å². The molecule has 0 aliphatic heterocycles. The molecule has 0 radical (unpaired) electrons. The molecule has 10 heavy (non-hydrogen) atoms. The Bertz CT molecular complexity index is 134. The first-order valence-corrected chi connectivity index (χ1v) is 3.39. The van der Waals surface area contributed by atoms with E-state index >= 15 is 0 Å². The topological polar surface area (TPSA) is 0 Å². The van der Waals surface area contributed by atoms with Gasteiger partial charge in [-0.25, -0.2) is 0 Å². The SMILES string of the molecule is C=CC(/C=C\CCl)=C/C.Cl. The van der Waals surface area contributed by atoms with Gasteiger partial charge in [0.25, 0.3) is 0 Å². The number of alkyl halides is 1. The van der Waals surface area contributed by atoms with E-state index in [1.54, 1.807) is 6.08 Å². The molecule has 0 aromatic rings. The van der Waals surface area contributed by atoms with Crippen LogP contribution in [0.3, 0.4) is 0 Å². The van der Waals surface area contributed by atoms with Gasteiger partial charge in [-0.05, 0) is 12.5 Å². The quantitative estimate of drug-likeness (QED) is 0.460. The molecule has 0 bridgehead atoms. The number of allylic oxidation sites excluding steroid dienone is 5. The fraction of sp³-hybridized carbons (Fsp3) is 0.250. The second-order valence-electron chi connectivity index (χ2n) is 1.55. The van der Waals surface area contributed by atoms with Gasteiger partial charge in [0, 0.05) is 5.88 Å². The van der Waals surface area contributed by atoms with E-state index < -0.39 is 0 Å². The summed E-state index contributed by atoms with van der Waals surface area (Å²) >= 11 is 5.41. The monoisotopic (exact) mass is 178 g/mol. The zero-order valence-corrected chi connectivity index (χ0v) is 7.58. The molecule has 0 rings (SSSR count). The van der Waals surface area contributed by atoms with E-state index in [0.29, 0.717) is 5.88 Å². The fourth-order valence-electron chi connectivity index (χ4n) is 0.463. The second-order valence-corrected chi connectivity index (χ2v) is 1.86. The molecule has 0 saturated carbocycles. The molecule has 0 aromatic heterocycles. The van der Waals surface area contributed by atoms with E-state index in [2.05, 4.69) is 6.58 Å². The predicted octanol–water partition coefficient (Wildman–Crippen LogP) is 3.34. The lowest BCUT2D eigenvalue weighted by atomic mass is 10.2. The molecule has 0 N–H and O–H groups in total. The van der Waals surface area contributed by atoms with Crippen molar-refractivity contribution in [3.63, 3.8) is 0 Å². The molecular formula is C8H12Cl2. The van der Waals surface area contributed by atoms with Crippen molar-refractivity contribution in [3.05, 3.63) is 36.5 Å². The smallest absolute Gasteiger partial charge is 0.0407 e. The Hall–Kier alpha value is -0.200. The van der Waals surface area contributed by atoms with Gasteiger partial charge in [0.05, 0.1) is 0 Å². The molecule has 0 heterocycles.